The molecule has 0 fully saturated rings. The standard InChI is InChI=1S/C38H46N4O6S/c1-26(29-17-19-34(48-5)20-18-29)39-25-36(43)35(21-28-13-9-7-10-14-28)40-37(44)31-22-32(24-33(23-31)42(4)49(6,46)47)38(45)41(3)27(2)30-15-11-8-12-16-30/h7-20,22-24,26-27,35-36,39,43H,21,25H2,1-6H3,(H,40,44)/t26-,27+,35+,36-/m1/s1. The largest absolute Gasteiger partial charge is 0.497 e. The van der Waals surface area contributed by atoms with Gasteiger partial charge in [0, 0.05) is 37.8 Å². The van der Waals surface area contributed by atoms with E-state index >= 15 is 0 Å². The lowest BCUT2D eigenvalue weighted by molar-refractivity contribution is 0.0742. The average Bonchev–Trinajstić information content (AvgIpc) is 3.12. The van der Waals surface area contributed by atoms with Gasteiger partial charge >= 0.3 is 0 Å². The summed E-state index contributed by atoms with van der Waals surface area (Å²) in [5, 5.41) is 17.8. The molecule has 3 N–H and O–H groups in total. The first-order valence-corrected chi connectivity index (χ1v) is 17.9. The van der Waals surface area contributed by atoms with Gasteiger partial charge in [-0.3, -0.25) is 13.9 Å². The smallest absolute Gasteiger partial charge is 0.254 e. The monoisotopic (exact) mass is 686 g/mol. The van der Waals surface area contributed by atoms with Crippen molar-refractivity contribution in [2.45, 2.75) is 44.5 Å². The fraction of sp³-hybridized carbons (Fsp3) is 0.316. The minimum absolute atomic E-state index is 0.0851. The fourth-order valence-electron chi connectivity index (χ4n) is 5.43. The summed E-state index contributed by atoms with van der Waals surface area (Å²) in [4.78, 5) is 29.3. The summed E-state index contributed by atoms with van der Waals surface area (Å²) in [5.41, 5.74) is 3.24. The molecule has 4 aromatic carbocycles. The second-order valence-corrected chi connectivity index (χ2v) is 14.3. The topological polar surface area (TPSA) is 128 Å². The van der Waals surface area contributed by atoms with E-state index in [1.807, 2.05) is 98.8 Å². The van der Waals surface area contributed by atoms with Crippen LogP contribution in [0.1, 0.15) is 63.3 Å². The van der Waals surface area contributed by atoms with Gasteiger partial charge in [0.1, 0.15) is 5.75 Å². The first-order chi connectivity index (χ1) is 23.3. The fourth-order valence-corrected chi connectivity index (χ4v) is 5.92. The van der Waals surface area contributed by atoms with E-state index in [9.17, 15) is 23.1 Å². The predicted molar refractivity (Wildman–Crippen MR) is 193 cm³/mol. The van der Waals surface area contributed by atoms with Gasteiger partial charge in [0.25, 0.3) is 11.8 Å². The number of carbonyl (C=O) groups is 2. The minimum Gasteiger partial charge on any atom is -0.497 e. The molecule has 0 unspecified atom stereocenters. The third-order valence-corrected chi connectivity index (χ3v) is 10.0. The molecule has 4 atom stereocenters. The van der Waals surface area contributed by atoms with Crippen LogP contribution in [0.3, 0.4) is 0 Å². The molecule has 10 nitrogen and oxygen atoms in total. The van der Waals surface area contributed by atoms with Crippen molar-refractivity contribution in [2.75, 3.05) is 38.3 Å². The molecule has 4 rings (SSSR count). The molecule has 4 aromatic rings. The van der Waals surface area contributed by atoms with Crippen molar-refractivity contribution in [3.8, 4) is 5.75 Å². The van der Waals surface area contributed by atoms with Crippen LogP contribution in [0.2, 0.25) is 0 Å². The van der Waals surface area contributed by atoms with E-state index in [1.54, 1.807) is 19.1 Å². The number of carbonyl (C=O) groups excluding carboxylic acids is 2. The Hall–Kier alpha value is -4.71. The summed E-state index contributed by atoms with van der Waals surface area (Å²) < 4.78 is 31.4. The molecular formula is C38H46N4O6S. The predicted octanol–water partition coefficient (Wildman–Crippen LogP) is 4.98. The zero-order valence-electron chi connectivity index (χ0n) is 28.8. The molecule has 0 bridgehead atoms. The molecule has 0 aliphatic rings. The summed E-state index contributed by atoms with van der Waals surface area (Å²) in [6.07, 6.45) is 0.390. The van der Waals surface area contributed by atoms with Crippen molar-refractivity contribution in [1.82, 2.24) is 15.5 Å². The van der Waals surface area contributed by atoms with Gasteiger partial charge in [0.05, 0.1) is 37.2 Å². The first-order valence-electron chi connectivity index (χ1n) is 16.1. The average molecular weight is 687 g/mol. The highest BCUT2D eigenvalue weighted by molar-refractivity contribution is 7.92. The normalized spacial score (nSPS) is 13.9. The number of hydrogen-bond donors (Lipinski definition) is 3. The van der Waals surface area contributed by atoms with Crippen LogP contribution in [0, 0.1) is 0 Å². The third-order valence-electron chi connectivity index (χ3n) is 8.80. The Bertz CT molecular complexity index is 1800. The number of ether oxygens (including phenoxy) is 1. The maximum absolute atomic E-state index is 13.9. The molecule has 0 spiro atoms. The Morgan fingerprint density at radius 3 is 2.02 bits per heavy atom. The second kappa shape index (κ2) is 16.6. The van der Waals surface area contributed by atoms with E-state index in [0.29, 0.717) is 6.42 Å². The van der Waals surface area contributed by atoms with Crippen LogP contribution >= 0.6 is 0 Å². The van der Waals surface area contributed by atoms with E-state index in [4.69, 9.17) is 4.74 Å². The van der Waals surface area contributed by atoms with Gasteiger partial charge < -0.3 is 25.4 Å². The number of sulfonamides is 1. The number of nitrogens with one attached hydrogen (secondary N) is 2. The maximum atomic E-state index is 13.9. The van der Waals surface area contributed by atoms with Crippen molar-refractivity contribution in [2.24, 2.45) is 0 Å². The van der Waals surface area contributed by atoms with Crippen LogP contribution in [0.15, 0.2) is 103 Å². The van der Waals surface area contributed by atoms with Crippen LogP contribution < -0.4 is 19.7 Å². The maximum Gasteiger partial charge on any atom is 0.254 e. The Morgan fingerprint density at radius 1 is 0.837 bits per heavy atom. The molecule has 0 radical (unpaired) electrons. The van der Waals surface area contributed by atoms with Crippen LogP contribution in [-0.2, 0) is 16.4 Å². The second-order valence-electron chi connectivity index (χ2n) is 12.2. The van der Waals surface area contributed by atoms with Crippen LogP contribution in [0.4, 0.5) is 5.69 Å². The lowest BCUT2D eigenvalue weighted by Gasteiger charge is -2.28. The molecule has 0 aromatic heterocycles. The van der Waals surface area contributed by atoms with Crippen LogP contribution in [0.5, 0.6) is 5.75 Å². The number of nitrogens with zero attached hydrogens (tertiary/aromatic N) is 2. The van der Waals surface area contributed by atoms with E-state index in [2.05, 4.69) is 10.6 Å². The number of aliphatic hydroxyl groups excluding tert-OH is 1. The van der Waals surface area contributed by atoms with Crippen molar-refractivity contribution in [1.29, 1.82) is 0 Å². The first kappa shape index (κ1) is 37.1. The number of rotatable bonds is 15. The lowest BCUT2D eigenvalue weighted by atomic mass is 9.99. The van der Waals surface area contributed by atoms with Gasteiger partial charge in [-0.15, -0.1) is 0 Å². The van der Waals surface area contributed by atoms with Crippen molar-refractivity contribution in [3.63, 3.8) is 0 Å². The van der Waals surface area contributed by atoms with Gasteiger partial charge in [-0.2, -0.15) is 0 Å². The molecule has 0 heterocycles. The highest BCUT2D eigenvalue weighted by atomic mass is 32.2. The van der Waals surface area contributed by atoms with Gasteiger partial charge in [-0.05, 0) is 67.3 Å². The van der Waals surface area contributed by atoms with Gasteiger partial charge in [-0.25, -0.2) is 8.42 Å². The number of benzene rings is 4. The van der Waals surface area contributed by atoms with Crippen molar-refractivity contribution in [3.05, 3.63) is 131 Å². The summed E-state index contributed by atoms with van der Waals surface area (Å²) in [5.74, 6) is -0.192. The van der Waals surface area contributed by atoms with Gasteiger partial charge in [0.2, 0.25) is 10.0 Å². The van der Waals surface area contributed by atoms with E-state index in [-0.39, 0.29) is 41.3 Å². The lowest BCUT2D eigenvalue weighted by Crippen LogP contribution is -2.49. The van der Waals surface area contributed by atoms with Gasteiger partial charge in [-0.1, -0.05) is 72.8 Å². The summed E-state index contributed by atoms with van der Waals surface area (Å²) >= 11 is 0. The molecule has 0 saturated heterocycles. The van der Waals surface area contributed by atoms with Gasteiger partial charge in [0.15, 0.2) is 0 Å². The zero-order chi connectivity index (χ0) is 35.7. The Labute approximate surface area is 289 Å². The highest BCUT2D eigenvalue weighted by Gasteiger charge is 2.26. The van der Waals surface area contributed by atoms with Crippen LogP contribution in [0.25, 0.3) is 0 Å². The van der Waals surface area contributed by atoms with Crippen molar-refractivity contribution < 1.29 is 27.9 Å². The number of aliphatic hydroxyl groups is 1. The number of anilines is 1. The van der Waals surface area contributed by atoms with E-state index in [0.717, 1.165) is 33.0 Å². The molecule has 11 heteroatoms. The molecule has 260 valence electrons. The van der Waals surface area contributed by atoms with Crippen LogP contribution in [-0.4, -0.2) is 76.4 Å². The number of methoxy groups -OCH3 is 1. The van der Waals surface area contributed by atoms with E-state index < -0.39 is 28.1 Å². The highest BCUT2D eigenvalue weighted by Crippen LogP contribution is 2.26. The summed E-state index contributed by atoms with van der Waals surface area (Å²) in [7, 11) is 0.926. The Morgan fingerprint density at radius 2 is 1.43 bits per heavy atom. The SMILES string of the molecule is COc1ccc([C@@H](C)NC[C@@H](O)[C@H](Cc2ccccc2)NC(=O)c2cc(C(=O)N(C)[C@@H](C)c3ccccc3)cc(N(C)S(C)(=O)=O)c2)cc1. The van der Waals surface area contributed by atoms with E-state index in [1.165, 1.54) is 25.2 Å². The third kappa shape index (κ3) is 9.91. The number of amides is 2. The van der Waals surface area contributed by atoms with Crippen molar-refractivity contribution >= 4 is 27.5 Å². The summed E-state index contributed by atoms with van der Waals surface area (Å²) in [6, 6.07) is 29.9. The number of hydrogen-bond acceptors (Lipinski definition) is 7. The molecule has 0 saturated carbocycles. The molecule has 0 aliphatic heterocycles. The zero-order valence-corrected chi connectivity index (χ0v) is 29.6. The summed E-state index contributed by atoms with van der Waals surface area (Å²) in [6.45, 7) is 4.05. The Kier molecular flexibility index (Phi) is 12.6. The molecule has 49 heavy (non-hydrogen) atoms. The molecular weight excluding hydrogens is 641 g/mol. The minimum atomic E-state index is -3.72. The molecule has 0 aliphatic carbocycles. The Balaban J connectivity index is 1.61. The molecule has 2 amide bonds. The quantitative estimate of drug-likeness (QED) is 0.161.